The number of amides is 1. The molecule has 4 rings (SSSR count). The molecule has 6 nitrogen and oxygen atoms in total. The van der Waals surface area contributed by atoms with E-state index in [0.717, 1.165) is 22.8 Å². The minimum Gasteiger partial charge on any atom is -0.490 e. The third-order valence-electron chi connectivity index (χ3n) is 5.31. The molecule has 0 spiro atoms. The molecule has 2 aromatic heterocycles. The average Bonchev–Trinajstić information content (AvgIpc) is 3.15. The second kappa shape index (κ2) is 7.87. The Kier molecular flexibility index (Phi) is 5.28. The minimum atomic E-state index is -0.164. The number of imidazole rings is 1. The van der Waals surface area contributed by atoms with Gasteiger partial charge in [0.25, 0.3) is 5.91 Å². The molecule has 3 aromatic rings. The number of fused-ring (bicyclic) bond motifs is 1. The number of aromatic nitrogens is 3. The largest absolute Gasteiger partial charge is 0.490 e. The van der Waals surface area contributed by atoms with Gasteiger partial charge in [0.15, 0.2) is 11.6 Å². The quantitative estimate of drug-likeness (QED) is 0.640. The number of carbonyl (C=O) groups is 1. The maximum Gasteiger partial charge on any atom is 0.255 e. The number of hydrogen-bond donors (Lipinski definition) is 0. The van der Waals surface area contributed by atoms with E-state index < -0.39 is 0 Å². The number of ether oxygens (including phenoxy) is 1. The van der Waals surface area contributed by atoms with Crippen molar-refractivity contribution in [2.45, 2.75) is 33.2 Å². The summed E-state index contributed by atoms with van der Waals surface area (Å²) in [5.41, 5.74) is 3.36. The fourth-order valence-electron chi connectivity index (χ4n) is 3.81. The van der Waals surface area contributed by atoms with Crippen LogP contribution in [0.2, 0.25) is 5.02 Å². The Bertz CT molecular complexity index is 1060. The van der Waals surface area contributed by atoms with Crippen LogP contribution in [-0.2, 0) is 6.42 Å². The van der Waals surface area contributed by atoms with E-state index in [4.69, 9.17) is 16.3 Å². The minimum absolute atomic E-state index is 0.0701. The lowest BCUT2D eigenvalue weighted by molar-refractivity contribution is 0.0672. The van der Waals surface area contributed by atoms with E-state index in [1.54, 1.807) is 18.6 Å². The van der Waals surface area contributed by atoms with Crippen molar-refractivity contribution >= 4 is 17.5 Å². The first-order chi connectivity index (χ1) is 14.0. The highest BCUT2D eigenvalue weighted by atomic mass is 35.5. The molecule has 1 amide bonds. The molecule has 1 aliphatic rings. The zero-order valence-corrected chi connectivity index (χ0v) is 17.5. The van der Waals surface area contributed by atoms with Crippen molar-refractivity contribution < 1.29 is 9.53 Å². The fourth-order valence-corrected chi connectivity index (χ4v) is 4.02. The van der Waals surface area contributed by atoms with Crippen LogP contribution in [0.5, 0.6) is 5.75 Å². The lowest BCUT2D eigenvalue weighted by Gasteiger charge is -2.33. The van der Waals surface area contributed by atoms with E-state index in [-0.39, 0.29) is 11.9 Å². The molecule has 1 aliphatic heterocycles. The normalized spacial score (nSPS) is 15.9. The molecule has 0 saturated heterocycles. The molecule has 0 unspecified atom stereocenters. The van der Waals surface area contributed by atoms with Crippen molar-refractivity contribution in [3.05, 3.63) is 70.4 Å². The van der Waals surface area contributed by atoms with Gasteiger partial charge in [-0.25, -0.2) is 9.97 Å². The number of aryl methyl sites for hydroxylation is 1. The average molecular weight is 411 g/mol. The van der Waals surface area contributed by atoms with Gasteiger partial charge < -0.3 is 9.64 Å². The first kappa shape index (κ1) is 19.5. The summed E-state index contributed by atoms with van der Waals surface area (Å²) in [5, 5.41) is 0.510. The van der Waals surface area contributed by atoms with Gasteiger partial charge in [0.1, 0.15) is 6.33 Å². The Labute approximate surface area is 175 Å². The fraction of sp³-hybridized carbons (Fsp3) is 0.318. The van der Waals surface area contributed by atoms with Crippen LogP contribution in [0, 0.1) is 6.92 Å². The van der Waals surface area contributed by atoms with Gasteiger partial charge in [0.2, 0.25) is 0 Å². The summed E-state index contributed by atoms with van der Waals surface area (Å²) in [6.45, 7) is 6.99. The predicted octanol–water partition coefficient (Wildman–Crippen LogP) is 4.39. The van der Waals surface area contributed by atoms with Crippen LogP contribution in [0.1, 0.15) is 47.2 Å². The maximum atomic E-state index is 13.2. The highest BCUT2D eigenvalue weighted by molar-refractivity contribution is 6.34. The van der Waals surface area contributed by atoms with E-state index in [9.17, 15) is 4.79 Å². The lowest BCUT2D eigenvalue weighted by atomic mass is 10.0. The van der Waals surface area contributed by atoms with Crippen molar-refractivity contribution in [1.29, 1.82) is 0 Å². The third-order valence-corrected chi connectivity index (χ3v) is 5.82. The van der Waals surface area contributed by atoms with Gasteiger partial charge >= 0.3 is 0 Å². The molecule has 7 heteroatoms. The van der Waals surface area contributed by atoms with Gasteiger partial charge in [-0.2, -0.15) is 0 Å². The van der Waals surface area contributed by atoms with Crippen LogP contribution >= 0.6 is 11.6 Å². The molecule has 0 fully saturated rings. The first-order valence-electron chi connectivity index (χ1n) is 9.73. The van der Waals surface area contributed by atoms with Crippen LogP contribution in [-0.4, -0.2) is 38.5 Å². The van der Waals surface area contributed by atoms with Crippen LogP contribution in [0.25, 0.3) is 5.82 Å². The molecule has 0 aliphatic carbocycles. The standard InChI is InChI=1S/C22H23ClN4O2/c1-4-29-18-9-6-11-24-21(18)27-13-25-20-15(3)26(12-10-17(20)27)22(28)16-8-5-7-14(2)19(16)23/h5-9,11,13,15H,4,10,12H2,1-3H3/t15-/m1/s1. The summed E-state index contributed by atoms with van der Waals surface area (Å²) < 4.78 is 7.70. The summed E-state index contributed by atoms with van der Waals surface area (Å²) in [6.07, 6.45) is 4.18. The monoisotopic (exact) mass is 410 g/mol. The molecule has 0 radical (unpaired) electrons. The molecule has 3 heterocycles. The summed E-state index contributed by atoms with van der Waals surface area (Å²) in [5.74, 6) is 1.36. The molecule has 0 bridgehead atoms. The maximum absolute atomic E-state index is 13.2. The second-order valence-electron chi connectivity index (χ2n) is 7.07. The molecular formula is C22H23ClN4O2. The Balaban J connectivity index is 1.67. The van der Waals surface area contributed by atoms with Crippen molar-refractivity contribution in [3.8, 4) is 11.6 Å². The highest BCUT2D eigenvalue weighted by Gasteiger charge is 2.33. The smallest absolute Gasteiger partial charge is 0.255 e. The number of hydrogen-bond acceptors (Lipinski definition) is 4. The van der Waals surface area contributed by atoms with E-state index in [1.807, 2.05) is 54.5 Å². The van der Waals surface area contributed by atoms with Gasteiger partial charge in [-0.05, 0) is 44.5 Å². The number of pyridine rings is 1. The Morgan fingerprint density at radius 2 is 2.10 bits per heavy atom. The van der Waals surface area contributed by atoms with Crippen molar-refractivity contribution in [3.63, 3.8) is 0 Å². The Morgan fingerprint density at radius 1 is 1.28 bits per heavy atom. The van der Waals surface area contributed by atoms with Gasteiger partial charge in [-0.1, -0.05) is 23.7 Å². The van der Waals surface area contributed by atoms with Crippen LogP contribution < -0.4 is 4.74 Å². The zero-order valence-electron chi connectivity index (χ0n) is 16.7. The van der Waals surface area contributed by atoms with E-state index in [0.29, 0.717) is 35.9 Å². The summed E-state index contributed by atoms with van der Waals surface area (Å²) in [7, 11) is 0. The summed E-state index contributed by atoms with van der Waals surface area (Å²) in [6, 6.07) is 9.14. The Hall–Kier alpha value is -2.86. The first-order valence-corrected chi connectivity index (χ1v) is 10.1. The molecule has 1 atom stereocenters. The summed E-state index contributed by atoms with van der Waals surface area (Å²) >= 11 is 6.40. The lowest BCUT2D eigenvalue weighted by Crippen LogP contribution is -2.39. The highest BCUT2D eigenvalue weighted by Crippen LogP contribution is 2.33. The van der Waals surface area contributed by atoms with E-state index in [2.05, 4.69) is 9.97 Å². The molecule has 0 saturated carbocycles. The molecule has 150 valence electrons. The molecule has 1 aromatic carbocycles. The van der Waals surface area contributed by atoms with Gasteiger partial charge in [-0.15, -0.1) is 0 Å². The van der Waals surface area contributed by atoms with Gasteiger partial charge in [0.05, 0.1) is 34.6 Å². The molecule has 29 heavy (non-hydrogen) atoms. The second-order valence-corrected chi connectivity index (χ2v) is 7.44. The topological polar surface area (TPSA) is 60.2 Å². The number of rotatable bonds is 4. The zero-order chi connectivity index (χ0) is 20.5. The number of halogens is 1. The SMILES string of the molecule is CCOc1cccnc1-n1cnc2c1CCN(C(=O)c1cccc(C)c1Cl)[C@@H]2C. The van der Waals surface area contributed by atoms with Gasteiger partial charge in [0, 0.05) is 19.2 Å². The number of benzene rings is 1. The molecule has 0 N–H and O–H groups in total. The predicted molar refractivity (Wildman–Crippen MR) is 112 cm³/mol. The van der Waals surface area contributed by atoms with Crippen LogP contribution in [0.4, 0.5) is 0 Å². The van der Waals surface area contributed by atoms with Crippen LogP contribution in [0.15, 0.2) is 42.9 Å². The van der Waals surface area contributed by atoms with Gasteiger partial charge in [-0.3, -0.25) is 9.36 Å². The van der Waals surface area contributed by atoms with E-state index >= 15 is 0 Å². The number of carbonyl (C=O) groups excluding carboxylic acids is 1. The summed E-state index contributed by atoms with van der Waals surface area (Å²) in [4.78, 5) is 24.1. The third kappa shape index (κ3) is 3.38. The van der Waals surface area contributed by atoms with Crippen molar-refractivity contribution in [2.24, 2.45) is 0 Å². The number of nitrogens with zero attached hydrogens (tertiary/aromatic N) is 4. The van der Waals surface area contributed by atoms with Crippen molar-refractivity contribution in [1.82, 2.24) is 19.4 Å². The van der Waals surface area contributed by atoms with E-state index in [1.165, 1.54) is 0 Å². The van der Waals surface area contributed by atoms with Crippen molar-refractivity contribution in [2.75, 3.05) is 13.2 Å². The molecular weight excluding hydrogens is 388 g/mol. The van der Waals surface area contributed by atoms with Crippen LogP contribution in [0.3, 0.4) is 0 Å². The Morgan fingerprint density at radius 3 is 2.90 bits per heavy atom.